The molecule has 0 unspecified atom stereocenters. The highest BCUT2D eigenvalue weighted by atomic mass is 14.6. The molecular weight excluding hydrogens is 220 g/mol. The summed E-state index contributed by atoms with van der Waals surface area (Å²) in [6.07, 6.45) is 0.876. The van der Waals surface area contributed by atoms with Crippen LogP contribution in [0.15, 0.2) is 48.5 Å². The Morgan fingerprint density at radius 2 is 1.17 bits per heavy atom. The van der Waals surface area contributed by atoms with Crippen LogP contribution in [-0.4, -0.2) is 6.54 Å². The van der Waals surface area contributed by atoms with Crippen LogP contribution < -0.4 is 11.5 Å². The first kappa shape index (κ1) is 11.1. The van der Waals surface area contributed by atoms with Gasteiger partial charge >= 0.3 is 0 Å². The van der Waals surface area contributed by atoms with E-state index in [0.29, 0.717) is 6.54 Å². The van der Waals surface area contributed by atoms with Crippen LogP contribution in [0.3, 0.4) is 0 Å². The van der Waals surface area contributed by atoms with Crippen molar-refractivity contribution in [1.29, 1.82) is 0 Å². The molecule has 3 aromatic carbocycles. The smallest absolute Gasteiger partial charge is 0.0473 e. The fourth-order valence-electron chi connectivity index (χ4n) is 2.67. The number of fused-ring (bicyclic) bond motifs is 2. The topological polar surface area (TPSA) is 52.0 Å². The lowest BCUT2D eigenvalue weighted by Crippen LogP contribution is -2.04. The summed E-state index contributed by atoms with van der Waals surface area (Å²) in [4.78, 5) is 0. The lowest BCUT2D eigenvalue weighted by atomic mass is 9.93. The molecule has 2 nitrogen and oxygen atoms in total. The maximum absolute atomic E-state index is 6.29. The van der Waals surface area contributed by atoms with E-state index in [1.165, 1.54) is 16.3 Å². The van der Waals surface area contributed by atoms with Crippen LogP contribution in [0.4, 0.5) is 5.69 Å². The number of hydrogen-bond acceptors (Lipinski definition) is 2. The molecule has 0 atom stereocenters. The second kappa shape index (κ2) is 4.31. The number of anilines is 1. The van der Waals surface area contributed by atoms with Gasteiger partial charge in [0.2, 0.25) is 0 Å². The molecule has 0 aliphatic carbocycles. The van der Waals surface area contributed by atoms with Crippen molar-refractivity contribution in [2.75, 3.05) is 12.3 Å². The van der Waals surface area contributed by atoms with E-state index >= 15 is 0 Å². The highest BCUT2D eigenvalue weighted by Crippen LogP contribution is 2.34. The second-order valence-electron chi connectivity index (χ2n) is 4.52. The maximum atomic E-state index is 6.29. The zero-order chi connectivity index (χ0) is 12.5. The summed E-state index contributed by atoms with van der Waals surface area (Å²) < 4.78 is 0. The highest BCUT2D eigenvalue weighted by molar-refractivity contribution is 6.12. The molecule has 0 aliphatic rings. The summed E-state index contributed by atoms with van der Waals surface area (Å²) in [5.74, 6) is 0. The Balaban J connectivity index is 2.54. The van der Waals surface area contributed by atoms with Gasteiger partial charge in [0.15, 0.2) is 0 Å². The standard InChI is InChI=1S/C16H16N2/c17-10-9-13-11-5-1-3-7-14(11)16(18)15-8-4-2-6-12(13)15/h1-8H,9-10,17-18H2. The van der Waals surface area contributed by atoms with Crippen molar-refractivity contribution in [3.8, 4) is 0 Å². The predicted octanol–water partition coefficient (Wildman–Crippen LogP) is 3.08. The molecule has 90 valence electrons. The lowest BCUT2D eigenvalue weighted by molar-refractivity contribution is 0.985. The monoisotopic (exact) mass is 236 g/mol. The van der Waals surface area contributed by atoms with Crippen molar-refractivity contribution in [3.05, 3.63) is 54.1 Å². The quantitative estimate of drug-likeness (QED) is 0.530. The van der Waals surface area contributed by atoms with Crippen molar-refractivity contribution in [3.63, 3.8) is 0 Å². The molecule has 0 fully saturated rings. The predicted molar refractivity (Wildman–Crippen MR) is 78.6 cm³/mol. The molecule has 0 aromatic heterocycles. The number of hydrogen-bond donors (Lipinski definition) is 2. The minimum absolute atomic E-state index is 0.651. The van der Waals surface area contributed by atoms with E-state index in [1.807, 2.05) is 12.1 Å². The minimum atomic E-state index is 0.651. The van der Waals surface area contributed by atoms with Crippen LogP contribution in [0.25, 0.3) is 21.5 Å². The van der Waals surface area contributed by atoms with E-state index in [4.69, 9.17) is 11.5 Å². The molecule has 3 rings (SSSR count). The molecule has 3 aromatic rings. The highest BCUT2D eigenvalue weighted by Gasteiger charge is 2.10. The molecule has 0 aliphatic heterocycles. The van der Waals surface area contributed by atoms with Crippen LogP contribution in [0.2, 0.25) is 0 Å². The third-order valence-electron chi connectivity index (χ3n) is 3.48. The molecule has 0 heterocycles. The van der Waals surface area contributed by atoms with Gasteiger partial charge in [0.05, 0.1) is 0 Å². The molecule has 0 spiro atoms. The number of nitrogens with two attached hydrogens (primary N) is 2. The van der Waals surface area contributed by atoms with Gasteiger partial charge in [-0.2, -0.15) is 0 Å². The van der Waals surface area contributed by atoms with Gasteiger partial charge in [-0.05, 0) is 29.3 Å². The fourth-order valence-corrected chi connectivity index (χ4v) is 2.67. The van der Waals surface area contributed by atoms with Crippen molar-refractivity contribution < 1.29 is 0 Å². The van der Waals surface area contributed by atoms with E-state index in [0.717, 1.165) is 22.9 Å². The van der Waals surface area contributed by atoms with Crippen molar-refractivity contribution >= 4 is 27.2 Å². The first-order chi connectivity index (χ1) is 8.83. The van der Waals surface area contributed by atoms with Gasteiger partial charge in [-0.1, -0.05) is 48.5 Å². The van der Waals surface area contributed by atoms with Crippen molar-refractivity contribution in [1.82, 2.24) is 0 Å². The summed E-state index contributed by atoms with van der Waals surface area (Å²) in [6, 6.07) is 16.6. The van der Waals surface area contributed by atoms with Crippen molar-refractivity contribution in [2.24, 2.45) is 5.73 Å². The van der Waals surface area contributed by atoms with Gasteiger partial charge in [-0.15, -0.1) is 0 Å². The molecule has 0 bridgehead atoms. The van der Waals surface area contributed by atoms with Crippen LogP contribution in [0.1, 0.15) is 5.56 Å². The van der Waals surface area contributed by atoms with E-state index in [2.05, 4.69) is 36.4 Å². The number of rotatable bonds is 2. The summed E-state index contributed by atoms with van der Waals surface area (Å²) in [6.45, 7) is 0.651. The Bertz CT molecular complexity index is 660. The molecule has 4 N–H and O–H groups in total. The zero-order valence-corrected chi connectivity index (χ0v) is 10.2. The van der Waals surface area contributed by atoms with Gasteiger partial charge in [-0.3, -0.25) is 0 Å². The first-order valence-electron chi connectivity index (χ1n) is 6.21. The second-order valence-corrected chi connectivity index (χ2v) is 4.52. The summed E-state index contributed by atoms with van der Waals surface area (Å²) >= 11 is 0. The largest absolute Gasteiger partial charge is 0.398 e. The van der Waals surface area contributed by atoms with E-state index < -0.39 is 0 Å². The Morgan fingerprint density at radius 1 is 0.722 bits per heavy atom. The molecule has 0 saturated heterocycles. The third-order valence-corrected chi connectivity index (χ3v) is 3.48. The van der Waals surface area contributed by atoms with E-state index in [-0.39, 0.29) is 0 Å². The Labute approximate surface area is 106 Å². The van der Waals surface area contributed by atoms with Gasteiger partial charge in [0.1, 0.15) is 0 Å². The van der Waals surface area contributed by atoms with Gasteiger partial charge < -0.3 is 11.5 Å². The molecule has 0 amide bonds. The number of benzene rings is 3. The summed E-state index contributed by atoms with van der Waals surface area (Å²) in [7, 11) is 0. The molecule has 0 radical (unpaired) electrons. The normalized spacial score (nSPS) is 11.2. The molecule has 0 saturated carbocycles. The molecule has 2 heteroatoms. The van der Waals surface area contributed by atoms with Crippen LogP contribution in [-0.2, 0) is 6.42 Å². The number of nitrogen functional groups attached to an aromatic ring is 1. The Kier molecular flexibility index (Phi) is 2.65. The minimum Gasteiger partial charge on any atom is -0.398 e. The van der Waals surface area contributed by atoms with Gasteiger partial charge in [0.25, 0.3) is 0 Å². The van der Waals surface area contributed by atoms with E-state index in [1.54, 1.807) is 0 Å². The van der Waals surface area contributed by atoms with Gasteiger partial charge in [0, 0.05) is 16.5 Å². The lowest BCUT2D eigenvalue weighted by Gasteiger charge is -2.13. The summed E-state index contributed by atoms with van der Waals surface area (Å²) in [5.41, 5.74) is 14.2. The Morgan fingerprint density at radius 3 is 1.61 bits per heavy atom. The Hall–Kier alpha value is -2.06. The van der Waals surface area contributed by atoms with E-state index in [9.17, 15) is 0 Å². The average molecular weight is 236 g/mol. The maximum Gasteiger partial charge on any atom is 0.0473 e. The van der Waals surface area contributed by atoms with Crippen LogP contribution in [0, 0.1) is 0 Å². The fraction of sp³-hybridized carbons (Fsp3) is 0.125. The van der Waals surface area contributed by atoms with Gasteiger partial charge in [-0.25, -0.2) is 0 Å². The van der Waals surface area contributed by atoms with Crippen molar-refractivity contribution in [2.45, 2.75) is 6.42 Å². The SMILES string of the molecule is NCCc1c2ccccc2c(N)c2ccccc12. The third kappa shape index (κ3) is 1.54. The average Bonchev–Trinajstić information content (AvgIpc) is 2.43. The van der Waals surface area contributed by atoms with Crippen LogP contribution >= 0.6 is 0 Å². The molecule has 18 heavy (non-hydrogen) atoms. The summed E-state index contributed by atoms with van der Waals surface area (Å²) in [5, 5.41) is 4.69. The zero-order valence-electron chi connectivity index (χ0n) is 10.2. The van der Waals surface area contributed by atoms with Crippen LogP contribution in [0.5, 0.6) is 0 Å². The first-order valence-corrected chi connectivity index (χ1v) is 6.21. The molecular formula is C16H16N2.